The summed E-state index contributed by atoms with van der Waals surface area (Å²) in [7, 11) is -3.92. The van der Waals surface area contributed by atoms with E-state index in [0.717, 1.165) is 11.6 Å². The minimum absolute atomic E-state index is 0.0960. The molecule has 1 aliphatic rings. The van der Waals surface area contributed by atoms with Crippen LogP contribution in [0.15, 0.2) is 47.6 Å². The lowest BCUT2D eigenvalue weighted by Crippen LogP contribution is -2.31. The fourth-order valence-electron chi connectivity index (χ4n) is 3.00. The lowest BCUT2D eigenvalue weighted by molar-refractivity contribution is 0.0696. The van der Waals surface area contributed by atoms with Gasteiger partial charge in [-0.25, -0.2) is 9.78 Å². The number of para-hydroxylation sites is 1. The molecule has 1 aromatic heterocycles. The van der Waals surface area contributed by atoms with Crippen LogP contribution in [0.1, 0.15) is 35.7 Å². The summed E-state index contributed by atoms with van der Waals surface area (Å²) < 4.78 is 27.4. The van der Waals surface area contributed by atoms with Gasteiger partial charge in [-0.1, -0.05) is 32.0 Å². The van der Waals surface area contributed by atoms with Crippen molar-refractivity contribution in [1.29, 1.82) is 0 Å². The number of nitrogens with zero attached hydrogens (tertiary/aromatic N) is 2. The summed E-state index contributed by atoms with van der Waals surface area (Å²) in [5.41, 5.74) is 1.53. The average Bonchev–Trinajstić information content (AvgIpc) is 2.95. The topological polar surface area (TPSA) is 87.6 Å². The Kier molecular flexibility index (Phi) is 4.04. The van der Waals surface area contributed by atoms with E-state index in [1.807, 2.05) is 12.1 Å². The Morgan fingerprint density at radius 3 is 2.67 bits per heavy atom. The number of carboxylic acids is 1. The second-order valence-electron chi connectivity index (χ2n) is 6.13. The van der Waals surface area contributed by atoms with Crippen LogP contribution in [-0.4, -0.2) is 31.0 Å². The highest BCUT2D eigenvalue weighted by atomic mass is 32.2. The van der Waals surface area contributed by atoms with Crippen LogP contribution in [0.4, 0.5) is 5.69 Å². The monoisotopic (exact) mass is 346 g/mol. The Bertz CT molecular complexity index is 893. The minimum atomic E-state index is -3.92. The van der Waals surface area contributed by atoms with Crippen molar-refractivity contribution >= 4 is 21.7 Å². The van der Waals surface area contributed by atoms with E-state index in [9.17, 15) is 13.2 Å². The lowest BCUT2D eigenvalue weighted by Gasteiger charge is -2.20. The fraction of sp³-hybridized carbons (Fsp3) is 0.294. The molecule has 3 rings (SSSR count). The maximum atomic E-state index is 13.0. The van der Waals surface area contributed by atoms with E-state index in [-0.39, 0.29) is 22.4 Å². The molecule has 2 aromatic rings. The molecular weight excluding hydrogens is 328 g/mol. The Labute approximate surface area is 140 Å². The van der Waals surface area contributed by atoms with Crippen LogP contribution in [0.5, 0.6) is 0 Å². The van der Waals surface area contributed by atoms with Crippen molar-refractivity contribution < 1.29 is 18.3 Å². The summed E-state index contributed by atoms with van der Waals surface area (Å²) in [6, 6.07) is 9.78. The average molecular weight is 346 g/mol. The normalized spacial score (nSPS) is 17.1. The van der Waals surface area contributed by atoms with Gasteiger partial charge in [0.25, 0.3) is 10.0 Å². The molecular formula is C17H18N2O4S. The summed E-state index contributed by atoms with van der Waals surface area (Å²) in [5.74, 6) is -0.806. The van der Waals surface area contributed by atoms with Gasteiger partial charge in [-0.05, 0) is 29.7 Å². The molecule has 1 N–H and O–H groups in total. The highest BCUT2D eigenvalue weighted by Gasteiger charge is 2.38. The zero-order valence-corrected chi connectivity index (χ0v) is 14.2. The summed E-state index contributed by atoms with van der Waals surface area (Å²) in [5, 5.41) is 8.83. The van der Waals surface area contributed by atoms with Gasteiger partial charge in [0.05, 0.1) is 11.3 Å². The van der Waals surface area contributed by atoms with Gasteiger partial charge < -0.3 is 5.11 Å². The van der Waals surface area contributed by atoms with Gasteiger partial charge >= 0.3 is 5.97 Å². The number of aromatic carboxylic acids is 1. The van der Waals surface area contributed by atoms with E-state index in [0.29, 0.717) is 12.2 Å². The number of hydrogen-bond acceptors (Lipinski definition) is 4. The summed E-state index contributed by atoms with van der Waals surface area (Å²) in [4.78, 5) is 15.0. The van der Waals surface area contributed by atoms with Crippen LogP contribution in [-0.2, 0) is 10.0 Å². The maximum Gasteiger partial charge on any atom is 0.335 e. The van der Waals surface area contributed by atoms with Crippen molar-refractivity contribution in [1.82, 2.24) is 4.98 Å². The van der Waals surface area contributed by atoms with Crippen LogP contribution in [0.25, 0.3) is 0 Å². The number of fused-ring (bicyclic) bond motifs is 1. The van der Waals surface area contributed by atoms with Crippen LogP contribution in [0.3, 0.4) is 0 Å². The smallest absolute Gasteiger partial charge is 0.335 e. The number of pyridine rings is 1. The first-order valence-electron chi connectivity index (χ1n) is 7.63. The number of rotatable bonds is 4. The minimum Gasteiger partial charge on any atom is -0.478 e. The molecule has 0 aliphatic carbocycles. The first-order valence-corrected chi connectivity index (χ1v) is 9.07. The molecule has 0 fully saturated rings. The Morgan fingerprint density at radius 1 is 1.29 bits per heavy atom. The van der Waals surface area contributed by atoms with Gasteiger partial charge in [-0.3, -0.25) is 4.31 Å². The zero-order valence-electron chi connectivity index (χ0n) is 13.4. The predicted molar refractivity (Wildman–Crippen MR) is 89.7 cm³/mol. The van der Waals surface area contributed by atoms with Crippen LogP contribution < -0.4 is 4.31 Å². The molecule has 1 unspecified atom stereocenters. The highest BCUT2D eigenvalue weighted by Crippen LogP contribution is 2.42. The third kappa shape index (κ3) is 2.65. The second-order valence-corrected chi connectivity index (χ2v) is 7.94. The molecule has 2 heterocycles. The summed E-state index contributed by atoms with van der Waals surface area (Å²) in [6.45, 7) is 4.44. The van der Waals surface area contributed by atoms with Gasteiger partial charge in [0.2, 0.25) is 0 Å². The molecule has 24 heavy (non-hydrogen) atoms. The standard InChI is InChI=1S/C17H18N2O4S/c1-11(2)14-10-19(15-6-4-3-5-13(14)15)24(22,23)16-9-12(17(20)21)7-8-18-16/h3-9,11,14H,10H2,1-2H3,(H,20,21). The summed E-state index contributed by atoms with van der Waals surface area (Å²) in [6.07, 6.45) is 1.21. The number of aromatic nitrogens is 1. The quantitative estimate of drug-likeness (QED) is 0.920. The molecule has 0 saturated carbocycles. The third-order valence-electron chi connectivity index (χ3n) is 4.31. The van der Waals surface area contributed by atoms with Gasteiger partial charge in [0.15, 0.2) is 5.03 Å². The fourth-order valence-corrected chi connectivity index (χ4v) is 4.48. The first-order chi connectivity index (χ1) is 11.3. The van der Waals surface area contributed by atoms with Crippen molar-refractivity contribution in [3.63, 3.8) is 0 Å². The molecule has 0 radical (unpaired) electrons. The van der Waals surface area contributed by atoms with Crippen molar-refractivity contribution in [3.05, 3.63) is 53.7 Å². The van der Waals surface area contributed by atoms with E-state index in [1.54, 1.807) is 12.1 Å². The number of sulfonamides is 1. The number of carboxylic acid groups (broad SMARTS) is 1. The van der Waals surface area contributed by atoms with E-state index < -0.39 is 16.0 Å². The SMILES string of the molecule is CC(C)C1CN(S(=O)(=O)c2cc(C(=O)O)ccn2)c2ccccc21. The summed E-state index contributed by atoms with van der Waals surface area (Å²) >= 11 is 0. The van der Waals surface area contributed by atoms with Crippen LogP contribution >= 0.6 is 0 Å². The molecule has 6 nitrogen and oxygen atoms in total. The number of hydrogen-bond donors (Lipinski definition) is 1. The zero-order chi connectivity index (χ0) is 17.5. The molecule has 0 bridgehead atoms. The van der Waals surface area contributed by atoms with E-state index in [4.69, 9.17) is 5.11 Å². The van der Waals surface area contributed by atoms with Crippen molar-refractivity contribution in [2.75, 3.05) is 10.8 Å². The molecule has 126 valence electrons. The molecule has 0 spiro atoms. The molecule has 7 heteroatoms. The highest BCUT2D eigenvalue weighted by molar-refractivity contribution is 7.92. The maximum absolute atomic E-state index is 13.0. The molecule has 1 atom stereocenters. The third-order valence-corrected chi connectivity index (χ3v) is 5.99. The van der Waals surface area contributed by atoms with Crippen molar-refractivity contribution in [2.24, 2.45) is 5.92 Å². The Balaban J connectivity index is 2.08. The number of benzene rings is 1. The van der Waals surface area contributed by atoms with Crippen LogP contribution in [0.2, 0.25) is 0 Å². The Hall–Kier alpha value is -2.41. The van der Waals surface area contributed by atoms with Gasteiger partial charge in [-0.15, -0.1) is 0 Å². The van der Waals surface area contributed by atoms with Crippen molar-refractivity contribution in [3.8, 4) is 0 Å². The number of anilines is 1. The van der Waals surface area contributed by atoms with Gasteiger partial charge in [-0.2, -0.15) is 8.42 Å². The largest absolute Gasteiger partial charge is 0.478 e. The van der Waals surface area contributed by atoms with E-state index in [2.05, 4.69) is 18.8 Å². The second kappa shape index (κ2) is 5.90. The van der Waals surface area contributed by atoms with Gasteiger partial charge in [0, 0.05) is 18.7 Å². The molecule has 1 aromatic carbocycles. The first kappa shape index (κ1) is 16.4. The van der Waals surface area contributed by atoms with E-state index in [1.165, 1.54) is 16.6 Å². The predicted octanol–water partition coefficient (Wildman–Crippen LogP) is 2.73. The lowest BCUT2D eigenvalue weighted by atomic mass is 9.90. The van der Waals surface area contributed by atoms with E-state index >= 15 is 0 Å². The molecule has 1 aliphatic heterocycles. The molecule has 0 saturated heterocycles. The Morgan fingerprint density at radius 2 is 2.00 bits per heavy atom. The van der Waals surface area contributed by atoms with Crippen molar-refractivity contribution in [2.45, 2.75) is 24.8 Å². The van der Waals surface area contributed by atoms with Crippen LogP contribution in [0, 0.1) is 5.92 Å². The number of carbonyl (C=O) groups is 1. The van der Waals surface area contributed by atoms with Gasteiger partial charge in [0.1, 0.15) is 0 Å². The molecule has 0 amide bonds.